The molecule has 3 nitrogen and oxygen atoms in total. The van der Waals surface area contributed by atoms with Crippen LogP contribution in [0.4, 0.5) is 5.69 Å². The predicted octanol–water partition coefficient (Wildman–Crippen LogP) is 3.36. The summed E-state index contributed by atoms with van der Waals surface area (Å²) in [5.74, 6) is 0.696. The first-order chi connectivity index (χ1) is 9.19. The minimum atomic E-state index is -0.240. The van der Waals surface area contributed by atoms with Gasteiger partial charge in [0.1, 0.15) is 0 Å². The lowest BCUT2D eigenvalue weighted by Gasteiger charge is -2.21. The van der Waals surface area contributed by atoms with Gasteiger partial charge in [-0.1, -0.05) is 6.07 Å². The van der Waals surface area contributed by atoms with Crippen LogP contribution in [0.5, 0.6) is 0 Å². The van der Waals surface area contributed by atoms with Crippen LogP contribution >= 0.6 is 11.8 Å². The largest absolute Gasteiger partial charge is 0.398 e. The van der Waals surface area contributed by atoms with Crippen molar-refractivity contribution < 1.29 is 9.47 Å². The van der Waals surface area contributed by atoms with Crippen molar-refractivity contribution in [3.05, 3.63) is 23.8 Å². The Morgan fingerprint density at radius 2 is 2.16 bits per heavy atom. The van der Waals surface area contributed by atoms with Crippen molar-refractivity contribution >= 4 is 17.4 Å². The standard InChI is InChI=1S/C15H21NO2S/c1-11-13(16)5-4-6-14(11)19-10-12-9-17-15(18-12)7-2-3-8-15/h4-6,12H,2-3,7-10,16H2,1H3. The lowest BCUT2D eigenvalue weighted by Crippen LogP contribution is -2.27. The van der Waals surface area contributed by atoms with Crippen molar-refractivity contribution in [1.82, 2.24) is 0 Å². The molecule has 2 fully saturated rings. The molecule has 2 N–H and O–H groups in total. The third kappa shape index (κ3) is 2.76. The van der Waals surface area contributed by atoms with Crippen LogP contribution in [0.15, 0.2) is 23.1 Å². The van der Waals surface area contributed by atoms with Gasteiger partial charge in [-0.05, 0) is 37.5 Å². The highest BCUT2D eigenvalue weighted by Crippen LogP contribution is 2.40. The monoisotopic (exact) mass is 279 g/mol. The van der Waals surface area contributed by atoms with Crippen molar-refractivity contribution in [2.75, 3.05) is 18.1 Å². The van der Waals surface area contributed by atoms with E-state index in [-0.39, 0.29) is 11.9 Å². The van der Waals surface area contributed by atoms with Crippen molar-refractivity contribution in [3.63, 3.8) is 0 Å². The first-order valence-corrected chi connectivity index (χ1v) is 7.97. The SMILES string of the molecule is Cc1c(N)cccc1SCC1COC2(CCCC2)O1. The average Bonchev–Trinajstić information content (AvgIpc) is 3.02. The molecule has 3 rings (SSSR count). The van der Waals surface area contributed by atoms with Crippen molar-refractivity contribution in [1.29, 1.82) is 0 Å². The van der Waals surface area contributed by atoms with E-state index in [1.807, 2.05) is 23.9 Å². The van der Waals surface area contributed by atoms with E-state index in [1.165, 1.54) is 23.3 Å². The minimum Gasteiger partial charge on any atom is -0.398 e. The molecule has 19 heavy (non-hydrogen) atoms. The Hall–Kier alpha value is -0.710. The van der Waals surface area contributed by atoms with Crippen LogP contribution in [-0.2, 0) is 9.47 Å². The first kappa shape index (κ1) is 13.3. The van der Waals surface area contributed by atoms with E-state index in [0.717, 1.165) is 30.9 Å². The summed E-state index contributed by atoms with van der Waals surface area (Å²) in [5.41, 5.74) is 7.96. The van der Waals surface area contributed by atoms with Crippen LogP contribution < -0.4 is 5.73 Å². The second kappa shape index (κ2) is 5.35. The van der Waals surface area contributed by atoms with Gasteiger partial charge in [0.15, 0.2) is 5.79 Å². The number of nitrogen functional groups attached to an aromatic ring is 1. The zero-order valence-corrected chi connectivity index (χ0v) is 12.2. The molecule has 1 aromatic carbocycles. The maximum absolute atomic E-state index is 6.13. The molecule has 0 radical (unpaired) electrons. The molecule has 0 bridgehead atoms. The highest BCUT2D eigenvalue weighted by Gasteiger charge is 2.43. The molecule has 0 amide bonds. The summed E-state index contributed by atoms with van der Waals surface area (Å²) in [6, 6.07) is 6.08. The zero-order chi connectivity index (χ0) is 13.3. The first-order valence-electron chi connectivity index (χ1n) is 6.98. The van der Waals surface area contributed by atoms with Crippen LogP contribution in [0.25, 0.3) is 0 Å². The Balaban J connectivity index is 1.57. The number of ether oxygens (including phenoxy) is 2. The van der Waals surface area contributed by atoms with Gasteiger partial charge in [0, 0.05) is 29.2 Å². The van der Waals surface area contributed by atoms with Gasteiger partial charge in [-0.15, -0.1) is 11.8 Å². The van der Waals surface area contributed by atoms with Gasteiger partial charge < -0.3 is 15.2 Å². The minimum absolute atomic E-state index is 0.212. The molecule has 1 aliphatic heterocycles. The normalized spacial score (nSPS) is 25.2. The van der Waals surface area contributed by atoms with Crippen molar-refractivity contribution in [2.45, 2.75) is 49.4 Å². The van der Waals surface area contributed by atoms with Gasteiger partial charge >= 0.3 is 0 Å². The maximum Gasteiger partial charge on any atom is 0.168 e. The van der Waals surface area contributed by atoms with Crippen LogP contribution in [0.3, 0.4) is 0 Å². The molecular formula is C15H21NO2S. The molecule has 1 spiro atoms. The van der Waals surface area contributed by atoms with Gasteiger partial charge in [-0.25, -0.2) is 0 Å². The molecule has 1 aliphatic carbocycles. The van der Waals surface area contributed by atoms with Gasteiger partial charge in [0.05, 0.1) is 12.7 Å². The summed E-state index contributed by atoms with van der Waals surface area (Å²) in [6.45, 7) is 2.80. The molecule has 1 heterocycles. The maximum atomic E-state index is 6.13. The van der Waals surface area contributed by atoms with Crippen LogP contribution in [0.2, 0.25) is 0 Å². The Bertz CT molecular complexity index is 457. The molecular weight excluding hydrogens is 258 g/mol. The number of rotatable bonds is 3. The second-order valence-corrected chi connectivity index (χ2v) is 6.51. The summed E-state index contributed by atoms with van der Waals surface area (Å²) < 4.78 is 12.0. The Morgan fingerprint density at radius 3 is 2.95 bits per heavy atom. The lowest BCUT2D eigenvalue weighted by molar-refractivity contribution is -0.159. The van der Waals surface area contributed by atoms with E-state index in [2.05, 4.69) is 13.0 Å². The summed E-state index contributed by atoms with van der Waals surface area (Å²) >= 11 is 1.82. The van der Waals surface area contributed by atoms with Crippen LogP contribution in [-0.4, -0.2) is 24.3 Å². The van der Waals surface area contributed by atoms with Gasteiger partial charge in [0.25, 0.3) is 0 Å². The number of hydrogen-bond donors (Lipinski definition) is 1. The third-order valence-electron chi connectivity index (χ3n) is 4.03. The van der Waals surface area contributed by atoms with E-state index >= 15 is 0 Å². The molecule has 0 aromatic heterocycles. The van der Waals surface area contributed by atoms with Crippen LogP contribution in [0, 0.1) is 6.92 Å². The smallest absolute Gasteiger partial charge is 0.168 e. The highest BCUT2D eigenvalue weighted by molar-refractivity contribution is 7.99. The summed E-state index contributed by atoms with van der Waals surface area (Å²) in [7, 11) is 0. The molecule has 1 atom stereocenters. The van der Waals surface area contributed by atoms with Gasteiger partial charge in [0.2, 0.25) is 0 Å². The average molecular weight is 279 g/mol. The lowest BCUT2D eigenvalue weighted by atomic mass is 10.2. The molecule has 1 aromatic rings. The van der Waals surface area contributed by atoms with Crippen molar-refractivity contribution in [2.24, 2.45) is 0 Å². The molecule has 1 unspecified atom stereocenters. The number of anilines is 1. The number of benzene rings is 1. The Labute approximate surface area is 118 Å². The fourth-order valence-electron chi connectivity index (χ4n) is 2.85. The summed E-state index contributed by atoms with van der Waals surface area (Å²) in [5, 5.41) is 0. The highest BCUT2D eigenvalue weighted by atomic mass is 32.2. The topological polar surface area (TPSA) is 44.5 Å². The number of nitrogens with two attached hydrogens (primary N) is 1. The molecule has 2 aliphatic rings. The van der Waals surface area contributed by atoms with Gasteiger partial charge in [-0.3, -0.25) is 0 Å². The molecule has 1 saturated heterocycles. The van der Waals surface area contributed by atoms with Crippen LogP contribution in [0.1, 0.15) is 31.2 Å². The Morgan fingerprint density at radius 1 is 1.37 bits per heavy atom. The zero-order valence-electron chi connectivity index (χ0n) is 11.4. The third-order valence-corrected chi connectivity index (χ3v) is 5.32. The summed E-state index contributed by atoms with van der Waals surface area (Å²) in [4.78, 5) is 1.25. The fraction of sp³-hybridized carbons (Fsp3) is 0.600. The quantitative estimate of drug-likeness (QED) is 0.680. The van der Waals surface area contributed by atoms with E-state index in [4.69, 9.17) is 15.2 Å². The predicted molar refractivity (Wildman–Crippen MR) is 78.3 cm³/mol. The van der Waals surface area contributed by atoms with Gasteiger partial charge in [-0.2, -0.15) is 0 Å². The van der Waals surface area contributed by atoms with E-state index in [9.17, 15) is 0 Å². The van der Waals surface area contributed by atoms with E-state index in [1.54, 1.807) is 0 Å². The van der Waals surface area contributed by atoms with E-state index < -0.39 is 0 Å². The number of hydrogen-bond acceptors (Lipinski definition) is 4. The Kier molecular flexibility index (Phi) is 3.74. The molecule has 1 saturated carbocycles. The molecule has 104 valence electrons. The van der Waals surface area contributed by atoms with E-state index in [0.29, 0.717) is 0 Å². The second-order valence-electron chi connectivity index (χ2n) is 5.45. The fourth-order valence-corrected chi connectivity index (χ4v) is 3.88. The van der Waals surface area contributed by atoms with Crippen molar-refractivity contribution in [3.8, 4) is 0 Å². The molecule has 4 heteroatoms. The summed E-state index contributed by atoms with van der Waals surface area (Å²) in [6.07, 6.45) is 4.79. The number of thioether (sulfide) groups is 1.